The lowest BCUT2D eigenvalue weighted by atomic mass is 10.2. The lowest BCUT2D eigenvalue weighted by molar-refractivity contribution is 0.0991. The minimum Gasteiger partial charge on any atom is -0.438 e. The van der Waals surface area contributed by atoms with Crippen LogP contribution in [0.2, 0.25) is 0 Å². The highest BCUT2D eigenvalue weighted by molar-refractivity contribution is 7.89. The maximum atomic E-state index is 12.5. The summed E-state index contributed by atoms with van der Waals surface area (Å²) in [7, 11) is -3.68. The Labute approximate surface area is 160 Å². The van der Waals surface area contributed by atoms with E-state index in [1.165, 1.54) is 27.8 Å². The number of furan rings is 1. The number of hydrogen-bond donors (Lipinski definition) is 1. The van der Waals surface area contributed by atoms with Gasteiger partial charge in [0.25, 0.3) is 15.9 Å². The largest absolute Gasteiger partial charge is 0.438 e. The predicted octanol–water partition coefficient (Wildman–Crippen LogP) is 3.44. The summed E-state index contributed by atoms with van der Waals surface area (Å²) >= 11 is 1.50. The van der Waals surface area contributed by atoms with Crippen molar-refractivity contribution in [3.05, 3.63) is 53.7 Å². The molecule has 0 unspecified atom stereocenters. The van der Waals surface area contributed by atoms with Crippen LogP contribution in [-0.4, -0.2) is 36.7 Å². The number of anilines is 1. The van der Waals surface area contributed by atoms with Crippen LogP contribution < -0.4 is 5.32 Å². The first kappa shape index (κ1) is 17.9. The summed E-state index contributed by atoms with van der Waals surface area (Å²) in [5, 5.41) is 5.26. The summed E-state index contributed by atoms with van der Waals surface area (Å²) in [6.07, 6.45) is 3.39. The van der Waals surface area contributed by atoms with Crippen LogP contribution in [-0.2, 0) is 10.0 Å². The fraction of sp³-hybridized carbons (Fsp3) is 0.222. The SMILES string of the molecule is O=C(Nc1cccc(-c2nccs2)c1)c1ccc(S(=O)(=O)N2CCCC2)o1. The molecule has 27 heavy (non-hydrogen) atoms. The van der Waals surface area contributed by atoms with Gasteiger partial charge in [-0.3, -0.25) is 4.79 Å². The molecule has 1 fully saturated rings. The Bertz CT molecular complexity index is 1050. The molecule has 0 bridgehead atoms. The summed E-state index contributed by atoms with van der Waals surface area (Å²) in [5.41, 5.74) is 1.47. The van der Waals surface area contributed by atoms with Gasteiger partial charge in [-0.25, -0.2) is 13.4 Å². The first-order chi connectivity index (χ1) is 13.0. The zero-order chi connectivity index (χ0) is 18.9. The second kappa shape index (κ2) is 7.26. The third kappa shape index (κ3) is 3.66. The molecule has 7 nitrogen and oxygen atoms in total. The van der Waals surface area contributed by atoms with Gasteiger partial charge in [-0.1, -0.05) is 12.1 Å². The molecule has 1 N–H and O–H groups in total. The lowest BCUT2D eigenvalue weighted by Crippen LogP contribution is -2.27. The second-order valence-electron chi connectivity index (χ2n) is 6.10. The molecule has 1 amide bonds. The van der Waals surface area contributed by atoms with E-state index in [0.717, 1.165) is 23.4 Å². The Morgan fingerprint density at radius 2 is 2.00 bits per heavy atom. The first-order valence-electron chi connectivity index (χ1n) is 8.45. The molecule has 0 saturated carbocycles. The van der Waals surface area contributed by atoms with E-state index < -0.39 is 15.9 Å². The van der Waals surface area contributed by atoms with E-state index in [-0.39, 0.29) is 10.9 Å². The number of benzene rings is 1. The zero-order valence-electron chi connectivity index (χ0n) is 14.3. The van der Waals surface area contributed by atoms with Gasteiger partial charge in [0.05, 0.1) is 0 Å². The van der Waals surface area contributed by atoms with Crippen molar-refractivity contribution >= 4 is 33.0 Å². The number of nitrogens with zero attached hydrogens (tertiary/aromatic N) is 2. The van der Waals surface area contributed by atoms with Gasteiger partial charge >= 0.3 is 0 Å². The zero-order valence-corrected chi connectivity index (χ0v) is 15.9. The molecule has 0 spiro atoms. The number of nitrogens with one attached hydrogen (secondary N) is 1. The van der Waals surface area contributed by atoms with Crippen molar-refractivity contribution in [3.63, 3.8) is 0 Å². The number of thiazole rings is 1. The van der Waals surface area contributed by atoms with E-state index in [9.17, 15) is 13.2 Å². The van der Waals surface area contributed by atoms with Crippen LogP contribution in [0.5, 0.6) is 0 Å². The molecule has 2 aromatic heterocycles. The van der Waals surface area contributed by atoms with Crippen molar-refractivity contribution in [2.45, 2.75) is 17.9 Å². The van der Waals surface area contributed by atoms with Crippen molar-refractivity contribution in [1.82, 2.24) is 9.29 Å². The predicted molar refractivity (Wildman–Crippen MR) is 102 cm³/mol. The second-order valence-corrected chi connectivity index (χ2v) is 8.87. The van der Waals surface area contributed by atoms with Gasteiger partial charge < -0.3 is 9.73 Å². The van der Waals surface area contributed by atoms with E-state index in [1.54, 1.807) is 12.3 Å². The third-order valence-electron chi connectivity index (χ3n) is 4.26. The Balaban J connectivity index is 1.51. The minimum atomic E-state index is -3.68. The number of aromatic nitrogens is 1. The number of rotatable bonds is 5. The van der Waals surface area contributed by atoms with Crippen molar-refractivity contribution in [2.75, 3.05) is 18.4 Å². The number of sulfonamides is 1. The summed E-state index contributed by atoms with van der Waals surface area (Å²) in [5.74, 6) is -0.554. The normalized spacial score (nSPS) is 15.1. The van der Waals surface area contributed by atoms with Crippen LogP contribution in [0.25, 0.3) is 10.6 Å². The van der Waals surface area contributed by atoms with E-state index in [2.05, 4.69) is 10.3 Å². The summed E-state index contributed by atoms with van der Waals surface area (Å²) in [6.45, 7) is 0.961. The average molecular weight is 403 g/mol. The quantitative estimate of drug-likeness (QED) is 0.704. The fourth-order valence-corrected chi connectivity index (χ4v) is 4.99. The molecule has 1 aliphatic rings. The lowest BCUT2D eigenvalue weighted by Gasteiger charge is -2.12. The number of carbonyl (C=O) groups excluding carboxylic acids is 1. The molecule has 9 heteroatoms. The molecule has 140 valence electrons. The molecule has 1 aromatic carbocycles. The van der Waals surface area contributed by atoms with Crippen LogP contribution in [0.15, 0.2) is 57.5 Å². The molecule has 3 heterocycles. The fourth-order valence-electron chi connectivity index (χ4n) is 2.93. The van der Waals surface area contributed by atoms with Crippen molar-refractivity contribution < 1.29 is 17.6 Å². The number of amides is 1. The Morgan fingerprint density at radius 1 is 1.19 bits per heavy atom. The number of carbonyl (C=O) groups is 1. The van der Waals surface area contributed by atoms with Crippen LogP contribution in [0.1, 0.15) is 23.4 Å². The highest BCUT2D eigenvalue weighted by atomic mass is 32.2. The Morgan fingerprint density at radius 3 is 2.74 bits per heavy atom. The highest BCUT2D eigenvalue weighted by Crippen LogP contribution is 2.26. The number of hydrogen-bond acceptors (Lipinski definition) is 6. The van der Waals surface area contributed by atoms with Crippen LogP contribution in [0.4, 0.5) is 5.69 Å². The van der Waals surface area contributed by atoms with Gasteiger partial charge in [-0.15, -0.1) is 11.3 Å². The molecule has 4 rings (SSSR count). The maximum absolute atomic E-state index is 12.5. The average Bonchev–Trinajstić information content (AvgIpc) is 3.45. The van der Waals surface area contributed by atoms with Gasteiger partial charge in [0.1, 0.15) is 5.01 Å². The smallest absolute Gasteiger partial charge is 0.291 e. The van der Waals surface area contributed by atoms with Crippen molar-refractivity contribution in [2.24, 2.45) is 0 Å². The van der Waals surface area contributed by atoms with Crippen LogP contribution in [0.3, 0.4) is 0 Å². The summed E-state index contributed by atoms with van der Waals surface area (Å²) < 4.78 is 31.7. The molecule has 0 radical (unpaired) electrons. The molecule has 1 aliphatic heterocycles. The summed E-state index contributed by atoms with van der Waals surface area (Å²) in [6, 6.07) is 9.98. The highest BCUT2D eigenvalue weighted by Gasteiger charge is 2.30. The van der Waals surface area contributed by atoms with Gasteiger partial charge in [0, 0.05) is 35.9 Å². The molecular weight excluding hydrogens is 386 g/mol. The Hall–Kier alpha value is -2.49. The van der Waals surface area contributed by atoms with Crippen molar-refractivity contribution in [3.8, 4) is 10.6 Å². The molecule has 3 aromatic rings. The van der Waals surface area contributed by atoms with E-state index in [4.69, 9.17) is 4.42 Å². The van der Waals surface area contributed by atoms with Gasteiger partial charge in [0.15, 0.2) is 5.76 Å². The van der Waals surface area contributed by atoms with Crippen LogP contribution in [0, 0.1) is 0 Å². The topological polar surface area (TPSA) is 92.5 Å². The molecule has 0 atom stereocenters. The van der Waals surface area contributed by atoms with Crippen molar-refractivity contribution in [1.29, 1.82) is 0 Å². The first-order valence-corrected chi connectivity index (χ1v) is 10.8. The van der Waals surface area contributed by atoms with Gasteiger partial charge in [-0.2, -0.15) is 4.31 Å². The van der Waals surface area contributed by atoms with E-state index in [1.807, 2.05) is 23.6 Å². The van der Waals surface area contributed by atoms with E-state index >= 15 is 0 Å². The molecular formula is C18H17N3O4S2. The third-order valence-corrected chi connectivity index (χ3v) is 6.86. The van der Waals surface area contributed by atoms with Crippen LogP contribution >= 0.6 is 11.3 Å². The molecule has 0 aliphatic carbocycles. The molecule has 1 saturated heterocycles. The van der Waals surface area contributed by atoms with Gasteiger partial charge in [0.2, 0.25) is 5.09 Å². The monoisotopic (exact) mass is 403 g/mol. The Kier molecular flexibility index (Phi) is 4.81. The summed E-state index contributed by atoms with van der Waals surface area (Å²) in [4.78, 5) is 16.7. The van der Waals surface area contributed by atoms with Gasteiger partial charge in [-0.05, 0) is 37.1 Å². The maximum Gasteiger partial charge on any atom is 0.291 e. The standard InChI is InChI=1S/C18H17N3O4S2/c22-17(20-14-5-3-4-13(12-14)18-19-8-11-26-18)15-6-7-16(25-15)27(23,24)21-9-1-2-10-21/h3-8,11-12H,1-2,9-10H2,(H,20,22). The van der Waals surface area contributed by atoms with E-state index in [0.29, 0.717) is 18.8 Å². The minimum absolute atomic E-state index is 0.0487.